The SMILES string of the molecule is C[B]c1c(C2=CC(C#N)=CCN2C)ncn1C. The van der Waals surface area contributed by atoms with Crippen LogP contribution in [0.1, 0.15) is 5.69 Å². The fourth-order valence-corrected chi connectivity index (χ4v) is 1.95. The lowest BCUT2D eigenvalue weighted by atomic mass is 9.75. The Morgan fingerprint density at radius 2 is 2.24 bits per heavy atom. The van der Waals surface area contributed by atoms with Gasteiger partial charge in [0, 0.05) is 26.2 Å². The summed E-state index contributed by atoms with van der Waals surface area (Å²) in [6.45, 7) is 2.74. The highest BCUT2D eigenvalue weighted by molar-refractivity contribution is 6.52. The number of nitriles is 1. The van der Waals surface area contributed by atoms with Gasteiger partial charge in [-0.3, -0.25) is 0 Å². The van der Waals surface area contributed by atoms with Crippen LogP contribution in [0.5, 0.6) is 0 Å². The Kier molecular flexibility index (Phi) is 3.05. The van der Waals surface area contributed by atoms with Crippen LogP contribution in [0.3, 0.4) is 0 Å². The van der Waals surface area contributed by atoms with Gasteiger partial charge in [-0.15, -0.1) is 0 Å². The third-order valence-electron chi connectivity index (χ3n) is 2.92. The van der Waals surface area contributed by atoms with Gasteiger partial charge in [-0.05, 0) is 12.2 Å². The molecule has 0 atom stereocenters. The topological polar surface area (TPSA) is 44.9 Å². The molecule has 1 aromatic rings. The van der Waals surface area contributed by atoms with E-state index in [2.05, 4.69) is 16.0 Å². The highest BCUT2D eigenvalue weighted by Gasteiger charge is 2.18. The summed E-state index contributed by atoms with van der Waals surface area (Å²) >= 11 is 0. The van der Waals surface area contributed by atoms with Crippen LogP contribution in [0.15, 0.2) is 24.1 Å². The Balaban J connectivity index is 2.48. The van der Waals surface area contributed by atoms with Crippen LogP contribution in [0.2, 0.25) is 6.82 Å². The zero-order valence-corrected chi connectivity index (χ0v) is 10.3. The zero-order valence-electron chi connectivity index (χ0n) is 10.3. The van der Waals surface area contributed by atoms with Crippen molar-refractivity contribution < 1.29 is 0 Å². The van der Waals surface area contributed by atoms with Gasteiger partial charge in [0.05, 0.1) is 29.4 Å². The van der Waals surface area contributed by atoms with Crippen molar-refractivity contribution >= 4 is 18.6 Å². The summed E-state index contributed by atoms with van der Waals surface area (Å²) < 4.78 is 1.98. The van der Waals surface area contributed by atoms with Crippen LogP contribution in [-0.4, -0.2) is 35.3 Å². The third-order valence-corrected chi connectivity index (χ3v) is 2.92. The van der Waals surface area contributed by atoms with Gasteiger partial charge >= 0.3 is 0 Å². The number of hydrogen-bond donors (Lipinski definition) is 0. The summed E-state index contributed by atoms with van der Waals surface area (Å²) in [5, 5.41) is 8.96. The first-order chi connectivity index (χ1) is 8.17. The molecule has 1 aliphatic heterocycles. The summed E-state index contributed by atoms with van der Waals surface area (Å²) in [5.74, 6) is 0. The molecule has 0 spiro atoms. The number of imidazole rings is 1. The van der Waals surface area contributed by atoms with E-state index >= 15 is 0 Å². The molecule has 4 nitrogen and oxygen atoms in total. The van der Waals surface area contributed by atoms with E-state index in [1.165, 1.54) is 0 Å². The van der Waals surface area contributed by atoms with Crippen molar-refractivity contribution in [3.63, 3.8) is 0 Å². The standard InChI is InChI=1S/C12H14BN4/c1-13-12-11(15-8-17(12)3)10-6-9(7-14)4-5-16(10)2/h4,6,8H,5H2,1-3H3. The minimum Gasteiger partial charge on any atom is -0.369 e. The molecule has 5 heteroatoms. The number of allylic oxidation sites excluding steroid dienone is 2. The maximum Gasteiger partial charge on any atom is 0.174 e. The molecule has 17 heavy (non-hydrogen) atoms. The van der Waals surface area contributed by atoms with Crippen LogP contribution < -0.4 is 5.59 Å². The van der Waals surface area contributed by atoms with Crippen LogP contribution >= 0.6 is 0 Å². The molecule has 0 bridgehead atoms. The van der Waals surface area contributed by atoms with Crippen molar-refractivity contribution in [2.75, 3.05) is 13.6 Å². The second-order valence-corrected chi connectivity index (χ2v) is 4.06. The minimum absolute atomic E-state index is 0.700. The zero-order chi connectivity index (χ0) is 12.4. The first-order valence-corrected chi connectivity index (χ1v) is 5.51. The molecule has 0 fully saturated rings. The number of aromatic nitrogens is 2. The second kappa shape index (κ2) is 4.50. The molecule has 0 aromatic carbocycles. The summed E-state index contributed by atoms with van der Waals surface area (Å²) in [7, 11) is 6.00. The third kappa shape index (κ3) is 1.98. The average molecular weight is 225 g/mol. The molecule has 2 heterocycles. The lowest BCUT2D eigenvalue weighted by Gasteiger charge is -2.24. The Hall–Kier alpha value is -1.96. The number of hydrogen-bond acceptors (Lipinski definition) is 3. The van der Waals surface area contributed by atoms with Crippen molar-refractivity contribution in [3.8, 4) is 6.07 Å². The Bertz CT molecular complexity index is 533. The Morgan fingerprint density at radius 3 is 2.88 bits per heavy atom. The van der Waals surface area contributed by atoms with Crippen molar-refractivity contribution in [1.82, 2.24) is 14.5 Å². The maximum absolute atomic E-state index is 8.96. The van der Waals surface area contributed by atoms with Gasteiger partial charge < -0.3 is 9.47 Å². The quantitative estimate of drug-likeness (QED) is 0.690. The minimum atomic E-state index is 0.700. The smallest absolute Gasteiger partial charge is 0.174 e. The predicted octanol–water partition coefficient (Wildman–Crippen LogP) is 0.534. The first kappa shape index (κ1) is 11.5. The summed E-state index contributed by atoms with van der Waals surface area (Å²) in [4.78, 5) is 6.51. The molecule has 0 unspecified atom stereocenters. The lowest BCUT2D eigenvalue weighted by Crippen LogP contribution is -2.28. The highest BCUT2D eigenvalue weighted by Crippen LogP contribution is 2.20. The Labute approximate surface area is 102 Å². The van der Waals surface area contributed by atoms with E-state index in [4.69, 9.17) is 5.26 Å². The molecule has 1 aromatic heterocycles. The molecule has 1 radical (unpaired) electrons. The maximum atomic E-state index is 8.96. The monoisotopic (exact) mass is 225 g/mol. The summed E-state index contributed by atoms with van der Waals surface area (Å²) in [6, 6.07) is 2.18. The molecule has 0 aliphatic carbocycles. The number of aryl methyl sites for hydroxylation is 1. The fourth-order valence-electron chi connectivity index (χ4n) is 1.95. The van der Waals surface area contributed by atoms with Crippen molar-refractivity contribution in [2.45, 2.75) is 6.82 Å². The molecular weight excluding hydrogens is 211 g/mol. The average Bonchev–Trinajstić information content (AvgIpc) is 2.71. The van der Waals surface area contributed by atoms with E-state index in [1.54, 1.807) is 6.33 Å². The Morgan fingerprint density at radius 1 is 1.47 bits per heavy atom. The van der Waals surface area contributed by atoms with Gasteiger partial charge in [0.2, 0.25) is 0 Å². The van der Waals surface area contributed by atoms with E-state index in [-0.39, 0.29) is 0 Å². The number of likely N-dealkylation sites (N-methyl/N-ethyl adjacent to an activating group) is 1. The molecular formula is C12H14BN4. The molecule has 1 aliphatic rings. The van der Waals surface area contributed by atoms with Crippen molar-refractivity contribution in [1.29, 1.82) is 5.26 Å². The lowest BCUT2D eigenvalue weighted by molar-refractivity contribution is 0.528. The van der Waals surface area contributed by atoms with Crippen molar-refractivity contribution in [2.24, 2.45) is 7.05 Å². The van der Waals surface area contributed by atoms with Gasteiger partial charge in [0.25, 0.3) is 0 Å². The van der Waals surface area contributed by atoms with Gasteiger partial charge in [0.15, 0.2) is 7.28 Å². The number of rotatable bonds is 2. The van der Waals surface area contributed by atoms with Gasteiger partial charge in [-0.1, -0.05) is 6.82 Å². The molecule has 0 saturated carbocycles. The molecule has 0 amide bonds. The molecule has 0 saturated heterocycles. The van der Waals surface area contributed by atoms with Crippen molar-refractivity contribution in [3.05, 3.63) is 29.7 Å². The van der Waals surface area contributed by atoms with E-state index in [9.17, 15) is 0 Å². The first-order valence-electron chi connectivity index (χ1n) is 5.51. The van der Waals surface area contributed by atoms with Crippen LogP contribution in [0.4, 0.5) is 0 Å². The summed E-state index contributed by atoms with van der Waals surface area (Å²) in [6.07, 6.45) is 5.60. The van der Waals surface area contributed by atoms with E-state index in [1.807, 2.05) is 44.9 Å². The van der Waals surface area contributed by atoms with Gasteiger partial charge in [-0.2, -0.15) is 5.26 Å². The molecule has 2 rings (SSSR count). The van der Waals surface area contributed by atoms with E-state index in [0.29, 0.717) is 5.57 Å². The predicted molar refractivity (Wildman–Crippen MR) is 68.8 cm³/mol. The number of nitrogens with zero attached hydrogens (tertiary/aromatic N) is 4. The normalized spacial score (nSPS) is 15.1. The van der Waals surface area contributed by atoms with Gasteiger partial charge in [0.1, 0.15) is 0 Å². The summed E-state index contributed by atoms with van der Waals surface area (Å²) in [5.41, 5.74) is 3.70. The largest absolute Gasteiger partial charge is 0.369 e. The van der Waals surface area contributed by atoms with E-state index < -0.39 is 0 Å². The van der Waals surface area contributed by atoms with Crippen LogP contribution in [-0.2, 0) is 7.05 Å². The van der Waals surface area contributed by atoms with E-state index in [0.717, 1.165) is 23.5 Å². The molecule has 0 N–H and O–H groups in total. The fraction of sp³-hybridized carbons (Fsp3) is 0.333. The molecule has 85 valence electrons. The van der Waals surface area contributed by atoms with Crippen LogP contribution in [0, 0.1) is 11.3 Å². The van der Waals surface area contributed by atoms with Gasteiger partial charge in [-0.25, -0.2) is 4.98 Å². The highest BCUT2D eigenvalue weighted by atomic mass is 15.1. The van der Waals surface area contributed by atoms with Crippen LogP contribution in [0.25, 0.3) is 5.70 Å². The second-order valence-electron chi connectivity index (χ2n) is 4.06.